The number of hydrogen-bond donors (Lipinski definition) is 0. The average Bonchev–Trinajstić information content (AvgIpc) is 3.67. The summed E-state index contributed by atoms with van der Waals surface area (Å²) in [5.41, 5.74) is 6.22. The molecule has 1 aromatic heterocycles. The van der Waals surface area contributed by atoms with Gasteiger partial charge in [-0.3, -0.25) is 0 Å². The van der Waals surface area contributed by atoms with Crippen LogP contribution in [0.1, 0.15) is 8.22 Å². The van der Waals surface area contributed by atoms with E-state index in [1.807, 2.05) is 54.6 Å². The van der Waals surface area contributed by atoms with Crippen LogP contribution in [0, 0.1) is 0 Å². The van der Waals surface area contributed by atoms with Crippen LogP contribution in [0.2, 0.25) is 0 Å². The fourth-order valence-electron chi connectivity index (χ4n) is 8.34. The highest BCUT2D eigenvalue weighted by atomic mass is 16.3. The van der Waals surface area contributed by atoms with E-state index in [1.165, 1.54) is 5.39 Å². The maximum Gasteiger partial charge on any atom is 0.136 e. The van der Waals surface area contributed by atoms with Crippen molar-refractivity contribution in [3.05, 3.63) is 194 Å². The van der Waals surface area contributed by atoms with Crippen LogP contribution in [-0.4, -0.2) is 0 Å². The molecule has 1 heterocycles. The molecule has 10 aromatic carbocycles. The maximum atomic E-state index is 9.72. The van der Waals surface area contributed by atoms with Gasteiger partial charge < -0.3 is 4.42 Å². The van der Waals surface area contributed by atoms with Crippen LogP contribution >= 0.6 is 0 Å². The normalized spacial score (nSPS) is 13.4. The number of fused-ring (bicyclic) bond motifs is 7. The zero-order valence-corrected chi connectivity index (χ0v) is 28.4. The Hall–Kier alpha value is -6.96. The molecular weight excluding hydrogens is 641 g/mol. The third kappa shape index (κ3) is 4.58. The number of rotatable bonds is 4. The molecule has 0 saturated heterocycles. The number of hydrogen-bond acceptors (Lipinski definition) is 1. The SMILES string of the molecule is [2H]c1c([2H])c(-c2ccccc2)c2c(oc3c([2H])c([2H])c([2H])c(-c4ccc5ccccc5c4-c4c5ccccc5c(-c5ccc6ccccc6c5)c5ccccc45)c32)c1[2H]. The second-order valence-corrected chi connectivity index (χ2v) is 13.5. The molecule has 0 aliphatic rings. The van der Waals surface area contributed by atoms with Crippen LogP contribution < -0.4 is 0 Å². The van der Waals surface area contributed by atoms with Crippen molar-refractivity contribution in [2.45, 2.75) is 0 Å². The van der Waals surface area contributed by atoms with Crippen LogP contribution in [0.3, 0.4) is 0 Å². The first-order valence-corrected chi connectivity index (χ1v) is 17.8. The Morgan fingerprint density at radius 2 is 0.868 bits per heavy atom. The molecule has 0 atom stereocenters. The van der Waals surface area contributed by atoms with Crippen LogP contribution in [0.25, 0.3) is 110 Å². The zero-order chi connectivity index (χ0) is 40.1. The van der Waals surface area contributed by atoms with Gasteiger partial charge in [-0.25, -0.2) is 0 Å². The highest BCUT2D eigenvalue weighted by molar-refractivity contribution is 6.27. The fraction of sp³-hybridized carbons (Fsp3) is 0. The van der Waals surface area contributed by atoms with Gasteiger partial charge in [-0.2, -0.15) is 0 Å². The highest BCUT2D eigenvalue weighted by Crippen LogP contribution is 2.50. The quantitative estimate of drug-likeness (QED) is 0.169. The van der Waals surface area contributed by atoms with Crippen molar-refractivity contribution in [1.29, 1.82) is 0 Å². The third-order valence-corrected chi connectivity index (χ3v) is 10.6. The minimum Gasteiger partial charge on any atom is -0.456 e. The summed E-state index contributed by atoms with van der Waals surface area (Å²) in [5, 5.41) is 9.18. The van der Waals surface area contributed by atoms with Crippen molar-refractivity contribution in [1.82, 2.24) is 0 Å². The van der Waals surface area contributed by atoms with Crippen LogP contribution in [0.15, 0.2) is 198 Å². The molecule has 53 heavy (non-hydrogen) atoms. The average molecular weight is 679 g/mol. The minimum absolute atomic E-state index is 0.0483. The van der Waals surface area contributed by atoms with Gasteiger partial charge >= 0.3 is 0 Å². The Bertz CT molecular complexity index is 3510. The summed E-state index contributed by atoms with van der Waals surface area (Å²) in [5.74, 6) is 0. The van der Waals surface area contributed by atoms with Crippen molar-refractivity contribution in [2.75, 3.05) is 0 Å². The molecule has 0 aliphatic heterocycles. The van der Waals surface area contributed by atoms with Crippen molar-refractivity contribution in [3.8, 4) is 44.5 Å². The highest BCUT2D eigenvalue weighted by Gasteiger charge is 2.23. The van der Waals surface area contributed by atoms with Gasteiger partial charge in [-0.15, -0.1) is 0 Å². The van der Waals surface area contributed by atoms with Gasteiger partial charge in [0.1, 0.15) is 11.2 Å². The van der Waals surface area contributed by atoms with E-state index >= 15 is 0 Å². The molecule has 0 aliphatic carbocycles. The van der Waals surface area contributed by atoms with Crippen molar-refractivity contribution in [3.63, 3.8) is 0 Å². The summed E-state index contributed by atoms with van der Waals surface area (Å²) in [6.07, 6.45) is 0. The molecule has 11 aromatic rings. The van der Waals surface area contributed by atoms with E-state index < -0.39 is 0 Å². The smallest absolute Gasteiger partial charge is 0.136 e. The lowest BCUT2D eigenvalue weighted by molar-refractivity contribution is 0.669. The molecule has 0 unspecified atom stereocenters. The molecule has 11 rings (SSSR count). The van der Waals surface area contributed by atoms with E-state index in [0.29, 0.717) is 33.0 Å². The lowest BCUT2D eigenvalue weighted by Gasteiger charge is -2.21. The topological polar surface area (TPSA) is 13.1 Å². The molecule has 0 saturated carbocycles. The number of furan rings is 1. The summed E-state index contributed by atoms with van der Waals surface area (Å²) in [6.45, 7) is 0. The molecule has 0 bridgehead atoms. The van der Waals surface area contributed by atoms with Gasteiger partial charge in [0.25, 0.3) is 0 Å². The van der Waals surface area contributed by atoms with Gasteiger partial charge in [0.2, 0.25) is 0 Å². The van der Waals surface area contributed by atoms with Gasteiger partial charge in [0.05, 0.1) is 8.22 Å². The lowest BCUT2D eigenvalue weighted by atomic mass is 9.81. The third-order valence-electron chi connectivity index (χ3n) is 10.6. The minimum atomic E-state index is -0.308. The van der Waals surface area contributed by atoms with Crippen molar-refractivity contribution in [2.24, 2.45) is 0 Å². The second kappa shape index (κ2) is 11.8. The largest absolute Gasteiger partial charge is 0.456 e. The molecule has 0 fully saturated rings. The van der Waals surface area contributed by atoms with Crippen molar-refractivity contribution < 1.29 is 12.6 Å². The Labute approximate surface area is 315 Å². The monoisotopic (exact) mass is 678 g/mol. The molecule has 0 radical (unpaired) electrons. The first-order chi connectivity index (χ1) is 28.8. The van der Waals surface area contributed by atoms with E-state index in [-0.39, 0.29) is 47.4 Å². The molecule has 246 valence electrons. The van der Waals surface area contributed by atoms with E-state index in [1.54, 1.807) is 0 Å². The van der Waals surface area contributed by atoms with E-state index in [9.17, 15) is 4.11 Å². The molecule has 0 N–H and O–H groups in total. The van der Waals surface area contributed by atoms with Crippen LogP contribution in [-0.2, 0) is 0 Å². The predicted molar refractivity (Wildman–Crippen MR) is 225 cm³/mol. The van der Waals surface area contributed by atoms with Gasteiger partial charge in [-0.1, -0.05) is 176 Å². The molecule has 1 nitrogen and oxygen atoms in total. The first kappa shape index (κ1) is 24.3. The molecule has 0 amide bonds. The van der Waals surface area contributed by atoms with E-state index in [2.05, 4.69) is 103 Å². The van der Waals surface area contributed by atoms with Gasteiger partial charge in [0, 0.05) is 10.8 Å². The summed E-state index contributed by atoms with van der Waals surface area (Å²) >= 11 is 0. The molecule has 1 heteroatoms. The standard InChI is InChI=1S/C52H32O/c1-2-15-34(16-3-1)39-24-12-26-46-51(39)52-44(25-13-27-47(52)53-46)45-31-30-35-17-6-7-19-38(35)49(45)50-42-22-10-8-20-40(42)48(41-21-9-11-23-43(41)50)37-29-28-33-14-4-5-18-36(33)32-37/h1-32H/i12D,13D,24D,25D,26D,27D. The van der Waals surface area contributed by atoms with E-state index in [0.717, 1.165) is 60.0 Å². The lowest BCUT2D eigenvalue weighted by Crippen LogP contribution is -1.94. The first-order valence-electron chi connectivity index (χ1n) is 20.8. The molecule has 0 spiro atoms. The zero-order valence-electron chi connectivity index (χ0n) is 34.4. The summed E-state index contributed by atoms with van der Waals surface area (Å²) in [7, 11) is 0. The summed E-state index contributed by atoms with van der Waals surface area (Å²) in [6, 6.07) is 52.0. The Morgan fingerprint density at radius 3 is 1.57 bits per heavy atom. The second-order valence-electron chi connectivity index (χ2n) is 13.5. The summed E-state index contributed by atoms with van der Waals surface area (Å²) in [4.78, 5) is 0. The summed E-state index contributed by atoms with van der Waals surface area (Å²) < 4.78 is 61.5. The molecular formula is C52H32O. The Morgan fingerprint density at radius 1 is 0.340 bits per heavy atom. The van der Waals surface area contributed by atoms with Crippen LogP contribution in [0.5, 0.6) is 0 Å². The predicted octanol–water partition coefficient (Wildman–Crippen LogP) is 14.9. The van der Waals surface area contributed by atoms with E-state index in [4.69, 9.17) is 8.53 Å². The number of benzene rings is 10. The van der Waals surface area contributed by atoms with Crippen LogP contribution in [0.4, 0.5) is 0 Å². The van der Waals surface area contributed by atoms with Crippen molar-refractivity contribution >= 4 is 65.0 Å². The maximum absolute atomic E-state index is 9.72. The fourth-order valence-corrected chi connectivity index (χ4v) is 8.34. The van der Waals surface area contributed by atoms with Gasteiger partial charge in [0.15, 0.2) is 0 Å². The Kier molecular flexibility index (Phi) is 5.40. The Balaban J connectivity index is 1.34. The van der Waals surface area contributed by atoms with Gasteiger partial charge in [-0.05, 0) is 106 Å².